The first-order valence-corrected chi connectivity index (χ1v) is 14.5. The van der Waals surface area contributed by atoms with E-state index in [4.69, 9.17) is 28.1 Å². The van der Waals surface area contributed by atoms with Gasteiger partial charge in [0.1, 0.15) is 35.1 Å². The highest BCUT2D eigenvalue weighted by Crippen LogP contribution is 2.47. The van der Waals surface area contributed by atoms with Crippen molar-refractivity contribution in [1.29, 1.82) is 0 Å². The maximum absolute atomic E-state index is 13.3. The van der Waals surface area contributed by atoms with Crippen LogP contribution in [0.1, 0.15) is 29.2 Å². The molecular formula is C36H32O7. The first-order chi connectivity index (χ1) is 21.1. The van der Waals surface area contributed by atoms with Gasteiger partial charge in [-0.15, -0.1) is 0 Å². The molecule has 1 fully saturated rings. The van der Waals surface area contributed by atoms with Crippen LogP contribution in [0, 0.1) is 0 Å². The molecule has 2 aliphatic heterocycles. The van der Waals surface area contributed by atoms with E-state index in [-0.39, 0.29) is 23.7 Å². The van der Waals surface area contributed by atoms with Crippen LogP contribution in [0.15, 0.2) is 112 Å². The third kappa shape index (κ3) is 5.79. The number of benzene rings is 4. The third-order valence-electron chi connectivity index (χ3n) is 8.02. The summed E-state index contributed by atoms with van der Waals surface area (Å²) in [6, 6.07) is 32.7. The van der Waals surface area contributed by atoms with Crippen LogP contribution in [0.2, 0.25) is 0 Å². The van der Waals surface area contributed by atoms with Gasteiger partial charge in [-0.2, -0.15) is 0 Å². The van der Waals surface area contributed by atoms with Gasteiger partial charge in [-0.25, -0.2) is 0 Å². The van der Waals surface area contributed by atoms with Crippen LogP contribution < -0.4 is 14.9 Å². The molecule has 0 spiro atoms. The van der Waals surface area contributed by atoms with Crippen molar-refractivity contribution in [2.75, 3.05) is 13.7 Å². The highest BCUT2D eigenvalue weighted by molar-refractivity contribution is 5.82. The van der Waals surface area contributed by atoms with E-state index in [1.807, 2.05) is 91.0 Å². The predicted octanol–water partition coefficient (Wildman–Crippen LogP) is 6.86. The lowest BCUT2D eigenvalue weighted by Gasteiger charge is -2.37. The van der Waals surface area contributed by atoms with Gasteiger partial charge < -0.3 is 28.1 Å². The maximum Gasteiger partial charge on any atom is 0.193 e. The van der Waals surface area contributed by atoms with E-state index in [2.05, 4.69) is 0 Å². The Morgan fingerprint density at radius 3 is 2.28 bits per heavy atom. The van der Waals surface area contributed by atoms with Crippen LogP contribution in [-0.4, -0.2) is 32.0 Å². The number of hydrogen-bond acceptors (Lipinski definition) is 7. The average Bonchev–Trinajstić information content (AvgIpc) is 3.41. The summed E-state index contributed by atoms with van der Waals surface area (Å²) in [6.45, 7) is 1.37. The Morgan fingerprint density at radius 1 is 0.837 bits per heavy atom. The fourth-order valence-electron chi connectivity index (χ4n) is 5.81. The summed E-state index contributed by atoms with van der Waals surface area (Å²) >= 11 is 0. The zero-order chi connectivity index (χ0) is 29.2. The predicted molar refractivity (Wildman–Crippen MR) is 162 cm³/mol. The van der Waals surface area contributed by atoms with E-state index < -0.39 is 6.10 Å². The summed E-state index contributed by atoms with van der Waals surface area (Å²) in [5.74, 6) is 1.84. The molecule has 0 aliphatic carbocycles. The summed E-state index contributed by atoms with van der Waals surface area (Å²) in [6.07, 6.45) is -0.588. The second kappa shape index (κ2) is 12.1. The molecule has 4 atom stereocenters. The minimum Gasteiger partial charge on any atom is -0.497 e. The van der Waals surface area contributed by atoms with E-state index in [1.54, 1.807) is 13.2 Å². The van der Waals surface area contributed by atoms with E-state index in [9.17, 15) is 4.79 Å². The molecule has 1 unspecified atom stereocenters. The van der Waals surface area contributed by atoms with E-state index in [1.165, 1.54) is 6.07 Å². The van der Waals surface area contributed by atoms with Gasteiger partial charge in [0.15, 0.2) is 11.5 Å². The Labute approximate surface area is 249 Å². The molecule has 4 aromatic carbocycles. The highest BCUT2D eigenvalue weighted by Gasteiger charge is 2.47. The van der Waals surface area contributed by atoms with Crippen molar-refractivity contribution in [3.63, 3.8) is 0 Å². The molecule has 5 aromatic rings. The van der Waals surface area contributed by atoms with Gasteiger partial charge in [-0.05, 0) is 41.5 Å². The third-order valence-corrected chi connectivity index (χ3v) is 8.02. The van der Waals surface area contributed by atoms with Crippen molar-refractivity contribution in [2.24, 2.45) is 0 Å². The summed E-state index contributed by atoms with van der Waals surface area (Å²) < 4.78 is 37.1. The SMILES string of the molecule is COc1ccc(-c2cc(=O)c3cc4c(cc3o2)O[C@@H]2C4O[C@H](COCc3ccccc3)C[C@@H]2OCc2ccccc2)cc1. The van der Waals surface area contributed by atoms with Crippen molar-refractivity contribution >= 4 is 11.0 Å². The van der Waals surface area contributed by atoms with Gasteiger partial charge in [0.25, 0.3) is 0 Å². The molecule has 7 heteroatoms. The maximum atomic E-state index is 13.3. The monoisotopic (exact) mass is 576 g/mol. The number of methoxy groups -OCH3 is 1. The smallest absolute Gasteiger partial charge is 0.193 e. The van der Waals surface area contributed by atoms with Crippen molar-refractivity contribution in [2.45, 2.75) is 44.1 Å². The van der Waals surface area contributed by atoms with Crippen molar-refractivity contribution < 1.29 is 28.1 Å². The zero-order valence-corrected chi connectivity index (χ0v) is 23.8. The zero-order valence-electron chi connectivity index (χ0n) is 23.8. The standard InChI is InChI=1S/C36H32O7/c1-38-26-14-12-25(13-15-26)31-18-30(37)28-17-29-33(19-32(28)42-31)43-36-34(40-21-24-10-6-3-7-11-24)16-27(41-35(29)36)22-39-20-23-8-4-2-5-9-23/h2-15,17-19,27,34-36H,16,20-22H2,1H3/t27-,34-,35?,36-/m0/s1. The molecule has 3 heterocycles. The lowest BCUT2D eigenvalue weighted by Crippen LogP contribution is -2.46. The van der Waals surface area contributed by atoms with E-state index >= 15 is 0 Å². The van der Waals surface area contributed by atoms with Gasteiger partial charge in [0.2, 0.25) is 0 Å². The van der Waals surface area contributed by atoms with Crippen LogP contribution in [0.25, 0.3) is 22.3 Å². The fourth-order valence-corrected chi connectivity index (χ4v) is 5.81. The Bertz CT molecular complexity index is 1750. The van der Waals surface area contributed by atoms with Crippen LogP contribution in [0.4, 0.5) is 0 Å². The van der Waals surface area contributed by atoms with Gasteiger partial charge in [0, 0.05) is 29.7 Å². The van der Waals surface area contributed by atoms with Crippen LogP contribution in [-0.2, 0) is 27.4 Å². The second-order valence-electron chi connectivity index (χ2n) is 10.9. The molecule has 0 radical (unpaired) electrons. The number of fused-ring (bicyclic) bond motifs is 4. The lowest BCUT2D eigenvalue weighted by atomic mass is 9.94. The van der Waals surface area contributed by atoms with Crippen LogP contribution in [0.3, 0.4) is 0 Å². The Kier molecular flexibility index (Phi) is 7.68. The molecule has 1 aromatic heterocycles. The molecule has 7 nitrogen and oxygen atoms in total. The van der Waals surface area contributed by atoms with Crippen LogP contribution in [0.5, 0.6) is 11.5 Å². The second-order valence-corrected chi connectivity index (χ2v) is 10.9. The van der Waals surface area contributed by atoms with Crippen molar-refractivity contribution in [3.8, 4) is 22.8 Å². The molecular weight excluding hydrogens is 544 g/mol. The Morgan fingerprint density at radius 2 is 1.56 bits per heavy atom. The highest BCUT2D eigenvalue weighted by atomic mass is 16.6. The molecule has 43 heavy (non-hydrogen) atoms. The first-order valence-electron chi connectivity index (χ1n) is 14.5. The molecule has 0 bridgehead atoms. The largest absolute Gasteiger partial charge is 0.497 e. The molecule has 0 amide bonds. The van der Waals surface area contributed by atoms with Crippen LogP contribution >= 0.6 is 0 Å². The Hall–Kier alpha value is -4.43. The first kappa shape index (κ1) is 27.4. The van der Waals surface area contributed by atoms with Gasteiger partial charge in [-0.3, -0.25) is 4.79 Å². The molecule has 218 valence electrons. The summed E-state index contributed by atoms with van der Waals surface area (Å²) in [4.78, 5) is 13.3. The molecule has 0 saturated carbocycles. The number of hydrogen-bond donors (Lipinski definition) is 0. The average molecular weight is 577 g/mol. The summed E-state index contributed by atoms with van der Waals surface area (Å²) in [5.41, 5.74) is 4.13. The normalized spacial score (nSPS) is 20.8. The molecule has 0 N–H and O–H groups in total. The van der Waals surface area contributed by atoms with E-state index in [0.29, 0.717) is 48.7 Å². The van der Waals surface area contributed by atoms with Gasteiger partial charge in [-0.1, -0.05) is 60.7 Å². The molecule has 2 aliphatic rings. The molecule has 1 saturated heterocycles. The van der Waals surface area contributed by atoms with Crippen molar-refractivity contribution in [1.82, 2.24) is 0 Å². The summed E-state index contributed by atoms with van der Waals surface area (Å²) in [5, 5.41) is 0.480. The number of ether oxygens (including phenoxy) is 5. The number of rotatable bonds is 9. The van der Waals surface area contributed by atoms with E-state index in [0.717, 1.165) is 28.0 Å². The fraction of sp³-hybridized carbons (Fsp3) is 0.250. The topological polar surface area (TPSA) is 76.4 Å². The quantitative estimate of drug-likeness (QED) is 0.190. The minimum absolute atomic E-state index is 0.131. The van der Waals surface area contributed by atoms with Crippen molar-refractivity contribution in [3.05, 3.63) is 130 Å². The summed E-state index contributed by atoms with van der Waals surface area (Å²) in [7, 11) is 1.62. The minimum atomic E-state index is -0.403. The van der Waals surface area contributed by atoms with Gasteiger partial charge in [0.05, 0.1) is 38.4 Å². The lowest BCUT2D eigenvalue weighted by molar-refractivity contribution is -0.182. The Balaban J connectivity index is 1.16. The molecule has 7 rings (SSSR count). The van der Waals surface area contributed by atoms with Gasteiger partial charge >= 0.3 is 0 Å².